The first-order valence-electron chi connectivity index (χ1n) is 11.0. The second-order valence-corrected chi connectivity index (χ2v) is 8.66. The van der Waals surface area contributed by atoms with Crippen LogP contribution in [0.4, 0.5) is 0 Å². The molecule has 0 saturated carbocycles. The number of aliphatic hydroxyl groups excluding tert-OH is 1. The van der Waals surface area contributed by atoms with Crippen LogP contribution in [0.3, 0.4) is 0 Å². The maximum absolute atomic E-state index is 10.5. The summed E-state index contributed by atoms with van der Waals surface area (Å²) in [6.07, 6.45) is 25.3. The molecular weight excluding hydrogens is 396 g/mol. The first kappa shape index (κ1) is 28.3. The van der Waals surface area contributed by atoms with Gasteiger partial charge >= 0.3 is 0 Å². The number of unbranched alkanes of at least 4 members (excludes halogenated alkanes) is 6. The first-order valence-corrected chi connectivity index (χ1v) is 12.5. The highest BCUT2D eigenvalue weighted by molar-refractivity contribution is 7.85. The molecule has 0 saturated heterocycles. The van der Waals surface area contributed by atoms with E-state index in [4.69, 9.17) is 9.66 Å². The molecule has 0 spiro atoms. The fourth-order valence-corrected chi connectivity index (χ4v) is 3.03. The van der Waals surface area contributed by atoms with Crippen molar-refractivity contribution < 1.29 is 18.1 Å². The minimum atomic E-state index is -4.02. The van der Waals surface area contributed by atoms with E-state index in [9.17, 15) is 8.42 Å². The predicted octanol–water partition coefficient (Wildman–Crippen LogP) is 6.81. The van der Waals surface area contributed by atoms with Gasteiger partial charge in [-0.05, 0) is 64.0 Å². The molecule has 1 rings (SSSR count). The topological polar surface area (TPSA) is 74.6 Å². The number of rotatable bonds is 14. The number of hydrogen-bond donors (Lipinski definition) is 2. The zero-order valence-electron chi connectivity index (χ0n) is 18.7. The third kappa shape index (κ3) is 18.3. The van der Waals surface area contributed by atoms with E-state index >= 15 is 0 Å². The normalized spacial score (nSPS) is 12.0. The van der Waals surface area contributed by atoms with Crippen LogP contribution in [-0.4, -0.2) is 24.7 Å². The molecule has 0 fully saturated rings. The van der Waals surface area contributed by atoms with Crippen LogP contribution in [0, 0.1) is 6.92 Å². The summed E-state index contributed by atoms with van der Waals surface area (Å²) in [5, 5.41) is 8.64. The Labute approximate surface area is 184 Å². The van der Waals surface area contributed by atoms with Gasteiger partial charge in [-0.3, -0.25) is 4.55 Å². The summed E-state index contributed by atoms with van der Waals surface area (Å²) in [6, 6.07) is 5.99. The van der Waals surface area contributed by atoms with Crippen molar-refractivity contribution in [3.63, 3.8) is 0 Å². The number of benzene rings is 1. The molecule has 5 heteroatoms. The van der Waals surface area contributed by atoms with Gasteiger partial charge in [0.1, 0.15) is 0 Å². The summed E-state index contributed by atoms with van der Waals surface area (Å²) >= 11 is 0. The molecule has 0 aliphatic rings. The molecule has 2 N–H and O–H groups in total. The molecule has 0 aliphatic heterocycles. The molecule has 30 heavy (non-hydrogen) atoms. The maximum Gasteiger partial charge on any atom is 0.294 e. The summed E-state index contributed by atoms with van der Waals surface area (Å²) in [7, 11) is -4.02. The Morgan fingerprint density at radius 1 is 0.767 bits per heavy atom. The standard InChI is InChI=1S/C18H32O.C7H8O3S/c1-2-3-4-5-6-7-8-9-10-11-12-13-14-15-16-17-18-19;1-6-2-4-7(5-3-6)11(8,9)10/h6-7,9-10,12-13,19H,2-5,8,11,14-18H2,1H3;2-5H,1H3,(H,8,9,10). The molecule has 0 atom stereocenters. The van der Waals surface area contributed by atoms with Gasteiger partial charge in [0.05, 0.1) is 4.90 Å². The number of allylic oxidation sites excluding steroid dienone is 6. The van der Waals surface area contributed by atoms with Crippen molar-refractivity contribution in [2.24, 2.45) is 0 Å². The van der Waals surface area contributed by atoms with E-state index in [1.54, 1.807) is 12.1 Å². The molecule has 0 unspecified atom stereocenters. The van der Waals surface area contributed by atoms with Crippen molar-refractivity contribution >= 4 is 10.1 Å². The smallest absolute Gasteiger partial charge is 0.294 e. The second kappa shape index (κ2) is 19.3. The zero-order chi connectivity index (χ0) is 22.5. The van der Waals surface area contributed by atoms with Gasteiger partial charge < -0.3 is 5.11 Å². The van der Waals surface area contributed by atoms with E-state index in [0.717, 1.165) is 37.7 Å². The van der Waals surface area contributed by atoms with Crippen molar-refractivity contribution in [2.45, 2.75) is 83.0 Å². The summed E-state index contributed by atoms with van der Waals surface area (Å²) in [5.74, 6) is 0. The highest BCUT2D eigenvalue weighted by Crippen LogP contribution is 2.08. The van der Waals surface area contributed by atoms with Crippen LogP contribution >= 0.6 is 0 Å². The fraction of sp³-hybridized carbons (Fsp3) is 0.520. The number of aliphatic hydroxyl groups is 1. The molecule has 1 aromatic carbocycles. The number of aryl methyl sites for hydroxylation is 1. The molecule has 0 aliphatic carbocycles. The van der Waals surface area contributed by atoms with Gasteiger partial charge in [-0.1, -0.05) is 80.3 Å². The summed E-state index contributed by atoms with van der Waals surface area (Å²) in [5.41, 5.74) is 0.956. The van der Waals surface area contributed by atoms with Crippen molar-refractivity contribution in [2.75, 3.05) is 6.61 Å². The van der Waals surface area contributed by atoms with Crippen LogP contribution < -0.4 is 0 Å². The molecule has 0 heterocycles. The summed E-state index contributed by atoms with van der Waals surface area (Å²) in [6.45, 7) is 4.42. The van der Waals surface area contributed by atoms with E-state index < -0.39 is 10.1 Å². The predicted molar refractivity (Wildman–Crippen MR) is 127 cm³/mol. The Kier molecular flexibility index (Phi) is 18.2. The molecule has 1 aromatic rings. The van der Waals surface area contributed by atoms with Gasteiger partial charge in [0.25, 0.3) is 10.1 Å². The van der Waals surface area contributed by atoms with E-state index in [2.05, 4.69) is 43.4 Å². The average Bonchev–Trinajstić information content (AvgIpc) is 2.71. The molecule has 0 radical (unpaired) electrons. The third-order valence-electron chi connectivity index (χ3n) is 4.37. The van der Waals surface area contributed by atoms with Crippen LogP contribution in [0.25, 0.3) is 0 Å². The summed E-state index contributed by atoms with van der Waals surface area (Å²) < 4.78 is 29.6. The Balaban J connectivity index is 0.000000642. The monoisotopic (exact) mass is 436 g/mol. The van der Waals surface area contributed by atoms with Gasteiger partial charge in [-0.15, -0.1) is 0 Å². The lowest BCUT2D eigenvalue weighted by molar-refractivity contribution is 0.283. The van der Waals surface area contributed by atoms with Crippen LogP contribution in [-0.2, 0) is 10.1 Å². The lowest BCUT2D eigenvalue weighted by Crippen LogP contribution is -1.96. The van der Waals surface area contributed by atoms with E-state index in [1.165, 1.54) is 44.2 Å². The van der Waals surface area contributed by atoms with Crippen LogP contribution in [0.15, 0.2) is 65.6 Å². The molecule has 0 amide bonds. The Bertz CT molecular complexity index is 701. The van der Waals surface area contributed by atoms with Crippen LogP contribution in [0.2, 0.25) is 0 Å². The largest absolute Gasteiger partial charge is 0.396 e. The van der Waals surface area contributed by atoms with E-state index in [-0.39, 0.29) is 4.90 Å². The molecule has 0 aromatic heterocycles. The molecule has 4 nitrogen and oxygen atoms in total. The lowest BCUT2D eigenvalue weighted by Gasteiger charge is -1.95. The van der Waals surface area contributed by atoms with Gasteiger partial charge in [0.2, 0.25) is 0 Å². The van der Waals surface area contributed by atoms with Crippen LogP contribution in [0.1, 0.15) is 76.7 Å². The maximum atomic E-state index is 10.5. The Morgan fingerprint density at radius 3 is 1.73 bits per heavy atom. The van der Waals surface area contributed by atoms with Crippen molar-refractivity contribution in [3.8, 4) is 0 Å². The quantitative estimate of drug-likeness (QED) is 0.191. The Hall–Kier alpha value is -1.69. The van der Waals surface area contributed by atoms with Crippen molar-refractivity contribution in [1.82, 2.24) is 0 Å². The number of hydrogen-bond acceptors (Lipinski definition) is 3. The van der Waals surface area contributed by atoms with Gasteiger partial charge in [0, 0.05) is 6.61 Å². The first-order chi connectivity index (χ1) is 14.4. The van der Waals surface area contributed by atoms with Gasteiger partial charge in [-0.2, -0.15) is 8.42 Å². The minimum Gasteiger partial charge on any atom is -0.396 e. The van der Waals surface area contributed by atoms with E-state index in [1.807, 2.05) is 6.92 Å². The zero-order valence-corrected chi connectivity index (χ0v) is 19.5. The Morgan fingerprint density at radius 2 is 1.27 bits per heavy atom. The minimum absolute atomic E-state index is 0.0666. The van der Waals surface area contributed by atoms with Gasteiger partial charge in [0.15, 0.2) is 0 Å². The molecule has 0 bridgehead atoms. The highest BCUT2D eigenvalue weighted by atomic mass is 32.2. The van der Waals surface area contributed by atoms with Gasteiger partial charge in [-0.25, -0.2) is 0 Å². The summed E-state index contributed by atoms with van der Waals surface area (Å²) in [4.78, 5) is -0.0666. The second-order valence-electron chi connectivity index (χ2n) is 7.24. The average molecular weight is 437 g/mol. The van der Waals surface area contributed by atoms with E-state index in [0.29, 0.717) is 6.61 Å². The SMILES string of the molecule is CCCCCC=CCC=CCC=CCCCCCO.Cc1ccc(S(=O)(=O)O)cc1. The highest BCUT2D eigenvalue weighted by Gasteiger charge is 2.06. The van der Waals surface area contributed by atoms with Crippen LogP contribution in [0.5, 0.6) is 0 Å². The van der Waals surface area contributed by atoms with Crippen molar-refractivity contribution in [3.05, 3.63) is 66.3 Å². The van der Waals surface area contributed by atoms with Crippen molar-refractivity contribution in [1.29, 1.82) is 0 Å². The third-order valence-corrected chi connectivity index (χ3v) is 5.23. The molecular formula is C25H40O4S. The molecule has 170 valence electrons. The lowest BCUT2D eigenvalue weighted by atomic mass is 10.2. The fourth-order valence-electron chi connectivity index (χ4n) is 2.55.